The summed E-state index contributed by atoms with van der Waals surface area (Å²) >= 11 is 0. The Morgan fingerprint density at radius 2 is 2.11 bits per heavy atom. The van der Waals surface area contributed by atoms with Crippen molar-refractivity contribution >= 4 is 5.82 Å². The number of terminal acetylenes is 1. The fraction of sp³-hybridized carbons (Fsp3) is 0.417. The van der Waals surface area contributed by atoms with E-state index in [-0.39, 0.29) is 18.0 Å². The van der Waals surface area contributed by atoms with Crippen molar-refractivity contribution in [2.24, 2.45) is 0 Å². The van der Waals surface area contributed by atoms with E-state index in [2.05, 4.69) is 16.2 Å². The minimum absolute atomic E-state index is 0.0722. The molecule has 0 bridgehead atoms. The summed E-state index contributed by atoms with van der Waals surface area (Å²) in [7, 11) is 0. The molecule has 0 unspecified atom stereocenters. The number of aromatic amines is 1. The average Bonchev–Trinajstić information content (AvgIpc) is 2.67. The standard InChI is InChI=1S/C12H15N3O4/c1-2-5-3-6(12(19)15-11(5)13)8-10(18)9(17)7(4-16)14-8/h1,3,7-10,14,16-18H,4H2,(H3,13,15,19)/t7-,8+,9-,10+/m1/s1. The van der Waals surface area contributed by atoms with Crippen LogP contribution in [-0.2, 0) is 0 Å². The Bertz CT molecular complexity index is 577. The molecular formula is C12H15N3O4. The van der Waals surface area contributed by atoms with E-state index < -0.39 is 29.9 Å². The molecule has 0 aliphatic carbocycles. The number of nitrogen functional groups attached to an aromatic ring is 1. The first kappa shape index (κ1) is 13.6. The lowest BCUT2D eigenvalue weighted by molar-refractivity contribution is 0.0193. The maximum Gasteiger partial charge on any atom is 0.254 e. The second-order valence-corrected chi connectivity index (χ2v) is 4.44. The SMILES string of the molecule is C#Cc1cc([C@@H]2N[C@H](CO)[C@@H](O)[C@H]2O)c(=O)[nH]c1N. The van der Waals surface area contributed by atoms with Gasteiger partial charge in [0.25, 0.3) is 5.56 Å². The van der Waals surface area contributed by atoms with E-state index in [1.54, 1.807) is 0 Å². The summed E-state index contributed by atoms with van der Waals surface area (Å²) in [4.78, 5) is 14.2. The van der Waals surface area contributed by atoms with Gasteiger partial charge in [0.15, 0.2) is 0 Å². The maximum absolute atomic E-state index is 11.8. The smallest absolute Gasteiger partial charge is 0.254 e. The highest BCUT2D eigenvalue weighted by Gasteiger charge is 2.42. The van der Waals surface area contributed by atoms with E-state index in [0.29, 0.717) is 5.56 Å². The second-order valence-electron chi connectivity index (χ2n) is 4.44. The third-order valence-electron chi connectivity index (χ3n) is 3.28. The molecule has 2 heterocycles. The van der Waals surface area contributed by atoms with Crippen LogP contribution in [0.2, 0.25) is 0 Å². The summed E-state index contributed by atoms with van der Waals surface area (Å²) in [5.41, 5.74) is 5.51. The monoisotopic (exact) mass is 265 g/mol. The molecule has 1 aromatic rings. The number of aliphatic hydroxyl groups is 3. The summed E-state index contributed by atoms with van der Waals surface area (Å²) < 4.78 is 0. The van der Waals surface area contributed by atoms with Crippen molar-refractivity contribution in [3.63, 3.8) is 0 Å². The minimum atomic E-state index is -1.22. The Labute approximate surface area is 109 Å². The van der Waals surface area contributed by atoms with Crippen LogP contribution in [0.25, 0.3) is 0 Å². The van der Waals surface area contributed by atoms with Gasteiger partial charge in [-0.05, 0) is 6.07 Å². The molecule has 7 heteroatoms. The lowest BCUT2D eigenvalue weighted by Crippen LogP contribution is -2.36. The lowest BCUT2D eigenvalue weighted by atomic mass is 10.0. The van der Waals surface area contributed by atoms with Gasteiger partial charge in [0, 0.05) is 5.56 Å². The van der Waals surface area contributed by atoms with Crippen molar-refractivity contribution in [3.8, 4) is 12.3 Å². The van der Waals surface area contributed by atoms with Crippen molar-refractivity contribution < 1.29 is 15.3 Å². The number of nitrogens with one attached hydrogen (secondary N) is 2. The Morgan fingerprint density at radius 3 is 2.63 bits per heavy atom. The summed E-state index contributed by atoms with van der Waals surface area (Å²) in [6.45, 7) is -0.358. The zero-order valence-electron chi connectivity index (χ0n) is 10.00. The molecule has 102 valence electrons. The molecular weight excluding hydrogens is 250 g/mol. The second kappa shape index (κ2) is 5.03. The van der Waals surface area contributed by atoms with Crippen LogP contribution in [0.3, 0.4) is 0 Å². The zero-order valence-corrected chi connectivity index (χ0v) is 10.00. The quantitative estimate of drug-likeness (QED) is 0.332. The molecule has 1 fully saturated rings. The topological polar surface area (TPSA) is 132 Å². The van der Waals surface area contributed by atoms with Gasteiger partial charge < -0.3 is 31.4 Å². The highest BCUT2D eigenvalue weighted by molar-refractivity contribution is 5.51. The molecule has 2 rings (SSSR count). The normalized spacial score (nSPS) is 30.2. The molecule has 1 aliphatic rings. The van der Waals surface area contributed by atoms with Crippen molar-refractivity contribution in [2.75, 3.05) is 12.3 Å². The number of aliphatic hydroxyl groups excluding tert-OH is 3. The largest absolute Gasteiger partial charge is 0.395 e. The van der Waals surface area contributed by atoms with Gasteiger partial charge in [-0.1, -0.05) is 5.92 Å². The minimum Gasteiger partial charge on any atom is -0.395 e. The van der Waals surface area contributed by atoms with Crippen molar-refractivity contribution in [1.82, 2.24) is 10.3 Å². The van der Waals surface area contributed by atoms with Gasteiger partial charge in [0.1, 0.15) is 11.9 Å². The van der Waals surface area contributed by atoms with Gasteiger partial charge in [-0.25, -0.2) is 0 Å². The van der Waals surface area contributed by atoms with E-state index in [4.69, 9.17) is 17.3 Å². The third-order valence-corrected chi connectivity index (χ3v) is 3.28. The van der Waals surface area contributed by atoms with Gasteiger partial charge in [-0.15, -0.1) is 6.42 Å². The van der Waals surface area contributed by atoms with Crippen molar-refractivity contribution in [3.05, 3.63) is 27.5 Å². The molecule has 7 N–H and O–H groups in total. The number of aromatic nitrogens is 1. The summed E-state index contributed by atoms with van der Waals surface area (Å²) in [5, 5.41) is 31.5. The van der Waals surface area contributed by atoms with Gasteiger partial charge in [-0.2, -0.15) is 0 Å². The van der Waals surface area contributed by atoms with Crippen molar-refractivity contribution in [1.29, 1.82) is 0 Å². The first-order valence-corrected chi connectivity index (χ1v) is 5.72. The number of anilines is 1. The molecule has 7 nitrogen and oxygen atoms in total. The van der Waals surface area contributed by atoms with E-state index in [0.717, 1.165) is 0 Å². The number of hydrogen-bond acceptors (Lipinski definition) is 6. The van der Waals surface area contributed by atoms with Crippen LogP contribution in [0, 0.1) is 12.3 Å². The average molecular weight is 265 g/mol. The molecule has 0 spiro atoms. The fourth-order valence-electron chi connectivity index (χ4n) is 2.21. The predicted octanol–water partition coefficient (Wildman–Crippen LogP) is -2.33. The van der Waals surface area contributed by atoms with E-state index in [1.165, 1.54) is 6.07 Å². The molecule has 1 saturated heterocycles. The molecule has 4 atom stereocenters. The fourth-order valence-corrected chi connectivity index (χ4v) is 2.21. The van der Waals surface area contributed by atoms with Crippen LogP contribution >= 0.6 is 0 Å². The Morgan fingerprint density at radius 1 is 1.42 bits per heavy atom. The third kappa shape index (κ3) is 2.22. The molecule has 0 aromatic carbocycles. The summed E-state index contributed by atoms with van der Waals surface area (Å²) in [6, 6.07) is -0.128. The number of H-pyrrole nitrogens is 1. The van der Waals surface area contributed by atoms with E-state index in [1.807, 2.05) is 0 Å². The van der Waals surface area contributed by atoms with Crippen LogP contribution in [-0.4, -0.2) is 45.2 Å². The van der Waals surface area contributed by atoms with Crippen LogP contribution in [0.5, 0.6) is 0 Å². The van der Waals surface area contributed by atoms with E-state index >= 15 is 0 Å². The van der Waals surface area contributed by atoms with Crippen LogP contribution in [0.1, 0.15) is 17.2 Å². The molecule has 0 amide bonds. The maximum atomic E-state index is 11.8. The number of hydrogen-bond donors (Lipinski definition) is 6. The van der Waals surface area contributed by atoms with Crippen LogP contribution in [0.4, 0.5) is 5.82 Å². The molecule has 1 aliphatic heterocycles. The number of nitrogens with two attached hydrogens (primary N) is 1. The van der Waals surface area contributed by atoms with Gasteiger partial charge in [-0.3, -0.25) is 4.79 Å². The highest BCUT2D eigenvalue weighted by Crippen LogP contribution is 2.26. The Hall–Kier alpha value is -1.85. The Kier molecular flexibility index (Phi) is 3.59. The summed E-state index contributed by atoms with van der Waals surface area (Å²) in [5.74, 6) is 2.39. The first-order valence-electron chi connectivity index (χ1n) is 5.72. The predicted molar refractivity (Wildman–Crippen MR) is 68.2 cm³/mol. The Balaban J connectivity index is 2.44. The molecule has 0 radical (unpaired) electrons. The van der Waals surface area contributed by atoms with Crippen LogP contribution in [0.15, 0.2) is 10.9 Å². The van der Waals surface area contributed by atoms with Gasteiger partial charge in [0.05, 0.1) is 30.4 Å². The lowest BCUT2D eigenvalue weighted by Gasteiger charge is -2.16. The van der Waals surface area contributed by atoms with Gasteiger partial charge in [0.2, 0.25) is 0 Å². The molecule has 19 heavy (non-hydrogen) atoms. The molecule has 1 aromatic heterocycles. The van der Waals surface area contributed by atoms with E-state index in [9.17, 15) is 15.0 Å². The van der Waals surface area contributed by atoms with Crippen LogP contribution < -0.4 is 16.6 Å². The number of rotatable bonds is 2. The summed E-state index contributed by atoms with van der Waals surface area (Å²) in [6.07, 6.45) is 2.88. The van der Waals surface area contributed by atoms with Crippen molar-refractivity contribution in [2.45, 2.75) is 24.3 Å². The zero-order chi connectivity index (χ0) is 14.2. The first-order chi connectivity index (χ1) is 8.99. The highest BCUT2D eigenvalue weighted by atomic mass is 16.3. The molecule has 0 saturated carbocycles. The number of pyridine rings is 1. The van der Waals surface area contributed by atoms with Gasteiger partial charge >= 0.3 is 0 Å².